The number of aromatic nitrogens is 2. The predicted octanol–water partition coefficient (Wildman–Crippen LogP) is 2.73. The normalized spacial score (nSPS) is 13.1. The summed E-state index contributed by atoms with van der Waals surface area (Å²) in [5.41, 5.74) is 2.32. The van der Waals surface area contributed by atoms with Crippen molar-refractivity contribution in [1.82, 2.24) is 14.9 Å². The van der Waals surface area contributed by atoms with E-state index in [1.807, 2.05) is 6.07 Å². The van der Waals surface area contributed by atoms with Gasteiger partial charge in [-0.25, -0.2) is 4.98 Å². The quantitative estimate of drug-likeness (QED) is 0.857. The van der Waals surface area contributed by atoms with E-state index in [-0.39, 0.29) is 0 Å². The van der Waals surface area contributed by atoms with Crippen LogP contribution in [0.2, 0.25) is 0 Å². The van der Waals surface area contributed by atoms with E-state index in [9.17, 15) is 0 Å². The summed E-state index contributed by atoms with van der Waals surface area (Å²) in [5.74, 6) is 1.09. The third kappa shape index (κ3) is 2.67. The van der Waals surface area contributed by atoms with Gasteiger partial charge in [-0.2, -0.15) is 0 Å². The minimum atomic E-state index is 0.478. The lowest BCUT2D eigenvalue weighted by Crippen LogP contribution is -2.31. The lowest BCUT2D eigenvalue weighted by molar-refractivity contribution is 0.478. The number of nitrogens with one attached hydrogen (secondary N) is 1. The molecular formula is C14H21N3. The SMILES string of the molecule is CCCNC(C)Cn1c(C)nc2ccccc21. The van der Waals surface area contributed by atoms with Gasteiger partial charge in [-0.05, 0) is 38.9 Å². The third-order valence-corrected chi connectivity index (χ3v) is 3.04. The average molecular weight is 231 g/mol. The second-order valence-corrected chi connectivity index (χ2v) is 4.61. The van der Waals surface area contributed by atoms with Crippen molar-refractivity contribution in [3.05, 3.63) is 30.1 Å². The molecule has 1 aromatic carbocycles. The Morgan fingerprint density at radius 3 is 2.88 bits per heavy atom. The van der Waals surface area contributed by atoms with Gasteiger partial charge in [-0.1, -0.05) is 19.1 Å². The monoisotopic (exact) mass is 231 g/mol. The molecule has 0 amide bonds. The summed E-state index contributed by atoms with van der Waals surface area (Å²) in [6, 6.07) is 8.80. The second kappa shape index (κ2) is 5.32. The van der Waals surface area contributed by atoms with Gasteiger partial charge in [0.1, 0.15) is 5.82 Å². The van der Waals surface area contributed by atoms with Gasteiger partial charge >= 0.3 is 0 Å². The summed E-state index contributed by atoms with van der Waals surface area (Å²) >= 11 is 0. The first-order valence-electron chi connectivity index (χ1n) is 6.37. The highest BCUT2D eigenvalue weighted by atomic mass is 15.1. The largest absolute Gasteiger partial charge is 0.327 e. The van der Waals surface area contributed by atoms with E-state index >= 15 is 0 Å². The van der Waals surface area contributed by atoms with Gasteiger partial charge in [0, 0.05) is 12.6 Å². The van der Waals surface area contributed by atoms with E-state index in [2.05, 4.69) is 53.8 Å². The zero-order valence-corrected chi connectivity index (χ0v) is 10.9. The Balaban J connectivity index is 2.20. The Hall–Kier alpha value is -1.35. The predicted molar refractivity (Wildman–Crippen MR) is 72.2 cm³/mol. The molecule has 1 unspecified atom stereocenters. The van der Waals surface area contributed by atoms with E-state index in [0.29, 0.717) is 6.04 Å². The molecule has 0 saturated carbocycles. The fraction of sp³-hybridized carbons (Fsp3) is 0.500. The van der Waals surface area contributed by atoms with Crippen LogP contribution >= 0.6 is 0 Å². The zero-order valence-electron chi connectivity index (χ0n) is 10.9. The fourth-order valence-corrected chi connectivity index (χ4v) is 2.16. The molecule has 0 saturated heterocycles. The van der Waals surface area contributed by atoms with Crippen LogP contribution in [0.25, 0.3) is 11.0 Å². The summed E-state index contributed by atoms with van der Waals surface area (Å²) in [6.07, 6.45) is 1.17. The van der Waals surface area contributed by atoms with Crippen LogP contribution in [0, 0.1) is 6.92 Å². The van der Waals surface area contributed by atoms with Crippen LogP contribution in [0.1, 0.15) is 26.1 Å². The van der Waals surface area contributed by atoms with Gasteiger partial charge in [0.2, 0.25) is 0 Å². The maximum atomic E-state index is 4.58. The van der Waals surface area contributed by atoms with E-state index in [1.54, 1.807) is 0 Å². The van der Waals surface area contributed by atoms with Crippen molar-refractivity contribution in [1.29, 1.82) is 0 Å². The van der Waals surface area contributed by atoms with Gasteiger partial charge in [-0.15, -0.1) is 0 Å². The molecule has 2 rings (SSSR count). The Morgan fingerprint density at radius 2 is 2.12 bits per heavy atom. The third-order valence-electron chi connectivity index (χ3n) is 3.04. The number of hydrogen-bond acceptors (Lipinski definition) is 2. The van der Waals surface area contributed by atoms with Crippen molar-refractivity contribution < 1.29 is 0 Å². The minimum Gasteiger partial charge on any atom is -0.327 e. The van der Waals surface area contributed by atoms with Crippen molar-refractivity contribution in [3.63, 3.8) is 0 Å². The maximum absolute atomic E-state index is 4.58. The summed E-state index contributed by atoms with van der Waals surface area (Å²) in [6.45, 7) is 8.55. The molecule has 0 fully saturated rings. The Bertz CT molecular complexity index is 487. The van der Waals surface area contributed by atoms with Crippen molar-refractivity contribution >= 4 is 11.0 Å². The highest BCUT2D eigenvalue weighted by Gasteiger charge is 2.09. The summed E-state index contributed by atoms with van der Waals surface area (Å²) < 4.78 is 2.29. The van der Waals surface area contributed by atoms with Crippen LogP contribution in [0.3, 0.4) is 0 Å². The van der Waals surface area contributed by atoms with E-state index < -0.39 is 0 Å². The average Bonchev–Trinajstić information content (AvgIpc) is 2.64. The molecule has 0 spiro atoms. The lowest BCUT2D eigenvalue weighted by Gasteiger charge is -2.15. The molecule has 0 aliphatic carbocycles. The van der Waals surface area contributed by atoms with Gasteiger partial charge in [0.25, 0.3) is 0 Å². The van der Waals surface area contributed by atoms with Gasteiger partial charge in [0.05, 0.1) is 11.0 Å². The minimum absolute atomic E-state index is 0.478. The van der Waals surface area contributed by atoms with Crippen LogP contribution in [-0.2, 0) is 6.54 Å². The number of hydrogen-bond donors (Lipinski definition) is 1. The highest BCUT2D eigenvalue weighted by Crippen LogP contribution is 2.15. The van der Waals surface area contributed by atoms with Crippen molar-refractivity contribution in [3.8, 4) is 0 Å². The molecule has 3 nitrogen and oxygen atoms in total. The molecular weight excluding hydrogens is 210 g/mol. The molecule has 1 aromatic heterocycles. The smallest absolute Gasteiger partial charge is 0.106 e. The first kappa shape index (κ1) is 12.1. The number of nitrogens with zero attached hydrogens (tertiary/aromatic N) is 2. The molecule has 0 radical (unpaired) electrons. The van der Waals surface area contributed by atoms with E-state index in [1.165, 1.54) is 11.9 Å². The topological polar surface area (TPSA) is 29.9 Å². The Morgan fingerprint density at radius 1 is 1.35 bits per heavy atom. The summed E-state index contributed by atoms with van der Waals surface area (Å²) in [5, 5.41) is 3.51. The zero-order chi connectivity index (χ0) is 12.3. The van der Waals surface area contributed by atoms with Crippen LogP contribution in [0.15, 0.2) is 24.3 Å². The molecule has 0 bridgehead atoms. The summed E-state index contributed by atoms with van der Waals surface area (Å²) in [4.78, 5) is 4.58. The Labute approximate surface area is 103 Å². The van der Waals surface area contributed by atoms with Crippen LogP contribution in [0.5, 0.6) is 0 Å². The molecule has 2 aromatic rings. The molecule has 92 valence electrons. The standard InChI is InChI=1S/C14H21N3/c1-4-9-15-11(2)10-17-12(3)16-13-7-5-6-8-14(13)17/h5-8,11,15H,4,9-10H2,1-3H3. The van der Waals surface area contributed by atoms with Crippen molar-refractivity contribution in [2.24, 2.45) is 0 Å². The number of imidazole rings is 1. The van der Waals surface area contributed by atoms with E-state index in [4.69, 9.17) is 0 Å². The number of rotatable bonds is 5. The highest BCUT2D eigenvalue weighted by molar-refractivity contribution is 5.75. The van der Waals surface area contributed by atoms with Gasteiger partial charge in [-0.3, -0.25) is 0 Å². The number of benzene rings is 1. The van der Waals surface area contributed by atoms with Crippen molar-refractivity contribution in [2.75, 3.05) is 6.54 Å². The fourth-order valence-electron chi connectivity index (χ4n) is 2.16. The first-order valence-corrected chi connectivity index (χ1v) is 6.37. The van der Waals surface area contributed by atoms with Crippen LogP contribution in [0.4, 0.5) is 0 Å². The van der Waals surface area contributed by atoms with E-state index in [0.717, 1.165) is 24.4 Å². The molecule has 1 atom stereocenters. The number of aryl methyl sites for hydroxylation is 1. The van der Waals surface area contributed by atoms with Crippen LogP contribution < -0.4 is 5.32 Å². The Kier molecular flexibility index (Phi) is 3.79. The molecule has 1 heterocycles. The molecule has 3 heteroatoms. The summed E-state index contributed by atoms with van der Waals surface area (Å²) in [7, 11) is 0. The second-order valence-electron chi connectivity index (χ2n) is 4.61. The first-order chi connectivity index (χ1) is 8.22. The number of para-hydroxylation sites is 2. The van der Waals surface area contributed by atoms with Gasteiger partial charge in [0.15, 0.2) is 0 Å². The lowest BCUT2D eigenvalue weighted by atomic mass is 10.3. The molecule has 1 N–H and O–H groups in total. The van der Waals surface area contributed by atoms with Crippen LogP contribution in [-0.4, -0.2) is 22.1 Å². The molecule has 0 aliphatic heterocycles. The van der Waals surface area contributed by atoms with Crippen molar-refractivity contribution in [2.45, 2.75) is 39.8 Å². The molecule has 17 heavy (non-hydrogen) atoms. The maximum Gasteiger partial charge on any atom is 0.106 e. The van der Waals surface area contributed by atoms with Gasteiger partial charge < -0.3 is 9.88 Å². The molecule has 0 aliphatic rings. The number of fused-ring (bicyclic) bond motifs is 1.